The normalized spacial score (nSPS) is 16.7. The molecular weight excluding hydrogens is 414 g/mol. The van der Waals surface area contributed by atoms with Crippen LogP contribution in [0.4, 0.5) is 0 Å². The van der Waals surface area contributed by atoms with Gasteiger partial charge in [0.2, 0.25) is 0 Å². The molecule has 1 saturated heterocycles. The van der Waals surface area contributed by atoms with E-state index in [9.17, 15) is 0 Å². The molecule has 0 saturated carbocycles. The van der Waals surface area contributed by atoms with E-state index in [4.69, 9.17) is 24.5 Å². The summed E-state index contributed by atoms with van der Waals surface area (Å²) in [5.74, 6) is -0.507. The molecule has 0 radical (unpaired) electrons. The monoisotopic (exact) mass is 447 g/mol. The predicted octanol–water partition coefficient (Wildman–Crippen LogP) is 4.02. The quantitative estimate of drug-likeness (QED) is 0.443. The average molecular weight is 448 g/mol. The first-order valence-electron chi connectivity index (χ1n) is 10.6. The van der Waals surface area contributed by atoms with Gasteiger partial charge < -0.3 is 19.8 Å². The van der Waals surface area contributed by atoms with Crippen LogP contribution < -0.4 is 0 Å². The Morgan fingerprint density at radius 1 is 1.13 bits per heavy atom. The van der Waals surface area contributed by atoms with Crippen molar-refractivity contribution in [2.75, 3.05) is 38.8 Å². The number of thioether (sulfide) groups is 1. The van der Waals surface area contributed by atoms with Gasteiger partial charge in [0.25, 0.3) is 0 Å². The lowest BCUT2D eigenvalue weighted by molar-refractivity contribution is -0.159. The highest BCUT2D eigenvalue weighted by Crippen LogP contribution is 2.28. The van der Waals surface area contributed by atoms with E-state index < -0.39 is 11.9 Å². The van der Waals surface area contributed by atoms with E-state index in [2.05, 4.69) is 73.2 Å². The number of hydrogen-bond donors (Lipinski definition) is 2. The number of aliphatic carboxylic acids is 2. The number of fused-ring (bicyclic) bond motifs is 1. The SMILES string of the molecule is CN(C)CCSCC(Cc1cccc2ccccc12)CC1CCCO1.O=C(O)C(=O)O. The maximum atomic E-state index is 9.10. The zero-order valence-electron chi connectivity index (χ0n) is 18.3. The number of carboxylic acids is 2. The fraction of sp³-hybridized carbons (Fsp3) is 0.500. The summed E-state index contributed by atoms with van der Waals surface area (Å²) in [4.78, 5) is 20.5. The highest BCUT2D eigenvalue weighted by Gasteiger charge is 2.21. The molecule has 0 spiro atoms. The fourth-order valence-electron chi connectivity index (χ4n) is 3.69. The van der Waals surface area contributed by atoms with E-state index in [-0.39, 0.29) is 0 Å². The van der Waals surface area contributed by atoms with E-state index in [1.54, 1.807) is 0 Å². The van der Waals surface area contributed by atoms with E-state index in [1.165, 1.54) is 47.1 Å². The van der Waals surface area contributed by atoms with Crippen LogP contribution in [0.15, 0.2) is 42.5 Å². The second kappa shape index (κ2) is 13.3. The maximum Gasteiger partial charge on any atom is 0.414 e. The van der Waals surface area contributed by atoms with Crippen LogP contribution in [-0.4, -0.2) is 71.9 Å². The third-order valence-corrected chi connectivity index (χ3v) is 6.41. The molecule has 3 rings (SSSR count). The number of carboxylic acid groups (broad SMARTS) is 2. The molecule has 1 aliphatic rings. The molecular formula is C24H33NO5S. The molecule has 2 atom stereocenters. The van der Waals surface area contributed by atoms with E-state index >= 15 is 0 Å². The van der Waals surface area contributed by atoms with Gasteiger partial charge in [-0.05, 0) is 67.8 Å². The minimum Gasteiger partial charge on any atom is -0.473 e. The van der Waals surface area contributed by atoms with Gasteiger partial charge in [0, 0.05) is 18.9 Å². The van der Waals surface area contributed by atoms with Crippen LogP contribution in [0.2, 0.25) is 0 Å². The molecule has 6 nitrogen and oxygen atoms in total. The van der Waals surface area contributed by atoms with Crippen molar-refractivity contribution in [3.05, 3.63) is 48.0 Å². The molecule has 2 aromatic rings. The maximum absolute atomic E-state index is 9.10. The largest absolute Gasteiger partial charge is 0.473 e. The van der Waals surface area contributed by atoms with Crippen molar-refractivity contribution in [3.8, 4) is 0 Å². The average Bonchev–Trinajstić information content (AvgIpc) is 3.24. The Kier molecular flexibility index (Phi) is 10.8. The number of benzene rings is 2. The van der Waals surface area contributed by atoms with Crippen LogP contribution in [-0.2, 0) is 20.7 Å². The first-order chi connectivity index (χ1) is 14.9. The summed E-state index contributed by atoms with van der Waals surface area (Å²) < 4.78 is 5.94. The number of carbonyl (C=O) groups is 2. The van der Waals surface area contributed by atoms with Crippen molar-refractivity contribution >= 4 is 34.5 Å². The number of rotatable bonds is 9. The zero-order chi connectivity index (χ0) is 22.6. The number of ether oxygens (including phenoxy) is 1. The van der Waals surface area contributed by atoms with Crippen LogP contribution >= 0.6 is 11.8 Å². The van der Waals surface area contributed by atoms with Gasteiger partial charge in [-0.1, -0.05) is 42.5 Å². The van der Waals surface area contributed by atoms with Gasteiger partial charge >= 0.3 is 11.9 Å². The standard InChI is InChI=1S/C22H31NOS.C2H2O4/c1-23(2)12-14-25-17-18(16-21-10-6-13-24-21)15-20-9-5-8-19-7-3-4-11-22(19)20;3-1(4)2(5)6/h3-5,7-9,11,18,21H,6,10,12-17H2,1-2H3;(H,3,4)(H,5,6). The second-order valence-electron chi connectivity index (χ2n) is 8.07. The summed E-state index contributed by atoms with van der Waals surface area (Å²) in [6.45, 7) is 2.12. The molecule has 1 heterocycles. The van der Waals surface area contributed by atoms with Gasteiger partial charge in [-0.3, -0.25) is 0 Å². The summed E-state index contributed by atoms with van der Waals surface area (Å²) >= 11 is 2.10. The first kappa shape index (κ1) is 25.2. The van der Waals surface area contributed by atoms with Crippen LogP contribution in [0.25, 0.3) is 10.8 Å². The number of hydrogen-bond acceptors (Lipinski definition) is 5. The van der Waals surface area contributed by atoms with Crippen molar-refractivity contribution in [1.29, 1.82) is 0 Å². The van der Waals surface area contributed by atoms with Gasteiger partial charge in [-0.25, -0.2) is 9.59 Å². The summed E-state index contributed by atoms with van der Waals surface area (Å²) in [6.07, 6.45) is 5.33. The highest BCUT2D eigenvalue weighted by molar-refractivity contribution is 7.99. The predicted molar refractivity (Wildman–Crippen MR) is 126 cm³/mol. The lowest BCUT2D eigenvalue weighted by atomic mass is 9.91. The molecule has 170 valence electrons. The molecule has 0 aliphatic carbocycles. The molecule has 0 bridgehead atoms. The van der Waals surface area contributed by atoms with Crippen LogP contribution in [0, 0.1) is 5.92 Å². The van der Waals surface area contributed by atoms with Gasteiger partial charge in [0.1, 0.15) is 0 Å². The fourth-order valence-corrected chi connectivity index (χ4v) is 4.94. The molecule has 0 amide bonds. The van der Waals surface area contributed by atoms with Crippen molar-refractivity contribution in [2.24, 2.45) is 5.92 Å². The van der Waals surface area contributed by atoms with Crippen LogP contribution in [0.3, 0.4) is 0 Å². The summed E-state index contributed by atoms with van der Waals surface area (Å²) in [5.41, 5.74) is 1.49. The Morgan fingerprint density at radius 3 is 2.48 bits per heavy atom. The molecule has 2 unspecified atom stereocenters. The molecule has 1 fully saturated rings. The first-order valence-corrected chi connectivity index (χ1v) is 11.8. The third kappa shape index (κ3) is 9.29. The lowest BCUT2D eigenvalue weighted by Gasteiger charge is -2.21. The second-order valence-corrected chi connectivity index (χ2v) is 9.22. The molecule has 0 aromatic heterocycles. The highest BCUT2D eigenvalue weighted by atomic mass is 32.2. The molecule has 31 heavy (non-hydrogen) atoms. The Hall–Kier alpha value is -2.09. The Labute approximate surface area is 188 Å². The van der Waals surface area contributed by atoms with Gasteiger partial charge in [-0.2, -0.15) is 11.8 Å². The van der Waals surface area contributed by atoms with Crippen molar-refractivity contribution < 1.29 is 24.5 Å². The summed E-state index contributed by atoms with van der Waals surface area (Å²) in [6, 6.07) is 15.5. The topological polar surface area (TPSA) is 87.1 Å². The summed E-state index contributed by atoms with van der Waals surface area (Å²) in [5, 5.41) is 17.6. The van der Waals surface area contributed by atoms with Gasteiger partial charge in [0.15, 0.2) is 0 Å². The minimum atomic E-state index is -1.82. The smallest absolute Gasteiger partial charge is 0.414 e. The third-order valence-electron chi connectivity index (χ3n) is 5.23. The lowest BCUT2D eigenvalue weighted by Crippen LogP contribution is -2.19. The van der Waals surface area contributed by atoms with E-state index in [0.717, 1.165) is 19.6 Å². The van der Waals surface area contributed by atoms with Crippen LogP contribution in [0.5, 0.6) is 0 Å². The zero-order valence-corrected chi connectivity index (χ0v) is 19.1. The number of nitrogens with zero attached hydrogens (tertiary/aromatic N) is 1. The minimum absolute atomic E-state index is 0.481. The van der Waals surface area contributed by atoms with Gasteiger partial charge in [-0.15, -0.1) is 0 Å². The molecule has 7 heteroatoms. The molecule has 2 N–H and O–H groups in total. The van der Waals surface area contributed by atoms with Crippen molar-refractivity contribution in [2.45, 2.75) is 31.8 Å². The van der Waals surface area contributed by atoms with Crippen molar-refractivity contribution in [1.82, 2.24) is 4.90 Å². The molecule has 2 aromatic carbocycles. The van der Waals surface area contributed by atoms with Crippen LogP contribution in [0.1, 0.15) is 24.8 Å². The van der Waals surface area contributed by atoms with E-state index in [0.29, 0.717) is 12.0 Å². The Balaban J connectivity index is 0.000000501. The molecule has 1 aliphatic heterocycles. The Bertz CT molecular complexity index is 818. The summed E-state index contributed by atoms with van der Waals surface area (Å²) in [7, 11) is 4.31. The van der Waals surface area contributed by atoms with E-state index in [1.807, 2.05) is 0 Å². The van der Waals surface area contributed by atoms with Crippen molar-refractivity contribution in [3.63, 3.8) is 0 Å². The Morgan fingerprint density at radius 2 is 1.84 bits per heavy atom. The van der Waals surface area contributed by atoms with Gasteiger partial charge in [0.05, 0.1) is 6.10 Å².